The van der Waals surface area contributed by atoms with Gasteiger partial charge in [0.1, 0.15) is 5.75 Å². The van der Waals surface area contributed by atoms with E-state index in [9.17, 15) is 9.59 Å². The molecule has 1 aliphatic rings. The van der Waals surface area contributed by atoms with Gasteiger partial charge in [-0.3, -0.25) is 14.7 Å². The number of aromatic nitrogens is 3. The summed E-state index contributed by atoms with van der Waals surface area (Å²) in [5.74, 6) is 1.69. The Kier molecular flexibility index (Phi) is 7.36. The predicted octanol–water partition coefficient (Wildman–Crippen LogP) is 3.64. The molecule has 8 nitrogen and oxygen atoms in total. The monoisotopic (exact) mass is 431 g/mol. The number of methoxy groups -OCH3 is 1. The molecule has 0 bridgehead atoms. The Labute approximate surface area is 181 Å². The number of thioether (sulfide) groups is 1. The van der Waals surface area contributed by atoms with Crippen molar-refractivity contribution in [1.29, 1.82) is 0 Å². The summed E-state index contributed by atoms with van der Waals surface area (Å²) in [4.78, 5) is 23.8. The van der Waals surface area contributed by atoms with Gasteiger partial charge in [-0.05, 0) is 49.9 Å². The number of rotatable bonds is 6. The molecule has 0 spiro atoms. The molecule has 9 heteroatoms. The maximum Gasteiger partial charge on any atom is 0.321 e. The topological polar surface area (TPSA) is 98.1 Å². The van der Waals surface area contributed by atoms with Crippen molar-refractivity contribution in [3.05, 3.63) is 24.3 Å². The van der Waals surface area contributed by atoms with Crippen LogP contribution in [0.5, 0.6) is 5.75 Å². The maximum absolute atomic E-state index is 12.4. The number of nitrogens with one attached hydrogen (secondary N) is 2. The molecule has 2 aromatic rings. The highest BCUT2D eigenvalue weighted by molar-refractivity contribution is 8.00. The molecule has 3 rings (SSSR count). The van der Waals surface area contributed by atoms with Gasteiger partial charge >= 0.3 is 6.03 Å². The van der Waals surface area contributed by atoms with E-state index < -0.39 is 11.3 Å². The SMILES string of the molecule is CNC(=O)NC(=O)[C@H](C)Sc1nnc(-c2ccc(OC)cc2)n1[C@H]1CCCC[C@H]1C. The number of benzene rings is 1. The zero-order valence-electron chi connectivity index (χ0n) is 17.8. The second-order valence-electron chi connectivity index (χ2n) is 7.56. The van der Waals surface area contributed by atoms with Crippen LogP contribution < -0.4 is 15.4 Å². The Morgan fingerprint density at radius 3 is 2.53 bits per heavy atom. The molecule has 0 radical (unpaired) electrons. The van der Waals surface area contributed by atoms with Crippen molar-refractivity contribution in [1.82, 2.24) is 25.4 Å². The van der Waals surface area contributed by atoms with Crippen LogP contribution in [0.15, 0.2) is 29.4 Å². The lowest BCUT2D eigenvalue weighted by molar-refractivity contribution is -0.119. The van der Waals surface area contributed by atoms with Gasteiger partial charge in [0.05, 0.1) is 12.4 Å². The lowest BCUT2D eigenvalue weighted by atomic mass is 9.85. The lowest BCUT2D eigenvalue weighted by Gasteiger charge is -2.31. The zero-order chi connectivity index (χ0) is 21.7. The number of imide groups is 1. The second-order valence-corrected chi connectivity index (χ2v) is 8.87. The average molecular weight is 432 g/mol. The van der Waals surface area contributed by atoms with E-state index in [-0.39, 0.29) is 11.9 Å². The highest BCUT2D eigenvalue weighted by Crippen LogP contribution is 2.39. The van der Waals surface area contributed by atoms with Crippen LogP contribution in [0.4, 0.5) is 4.79 Å². The first kappa shape index (κ1) is 22.1. The highest BCUT2D eigenvalue weighted by Gasteiger charge is 2.30. The minimum atomic E-state index is -0.520. The van der Waals surface area contributed by atoms with Gasteiger partial charge in [-0.2, -0.15) is 0 Å². The van der Waals surface area contributed by atoms with Gasteiger partial charge in [-0.25, -0.2) is 4.79 Å². The summed E-state index contributed by atoms with van der Waals surface area (Å²) in [7, 11) is 3.11. The van der Waals surface area contributed by atoms with E-state index in [2.05, 4.69) is 32.3 Å². The summed E-state index contributed by atoms with van der Waals surface area (Å²) in [5.41, 5.74) is 0.954. The van der Waals surface area contributed by atoms with Crippen molar-refractivity contribution in [3.8, 4) is 17.1 Å². The minimum absolute atomic E-state index is 0.266. The number of urea groups is 1. The molecule has 1 aliphatic carbocycles. The van der Waals surface area contributed by atoms with Crippen molar-refractivity contribution in [2.75, 3.05) is 14.2 Å². The summed E-state index contributed by atoms with van der Waals surface area (Å²) in [6, 6.07) is 7.51. The Hall–Kier alpha value is -2.55. The lowest BCUT2D eigenvalue weighted by Crippen LogP contribution is -2.41. The van der Waals surface area contributed by atoms with Crippen LogP contribution in [0.25, 0.3) is 11.4 Å². The predicted molar refractivity (Wildman–Crippen MR) is 117 cm³/mol. The molecule has 162 valence electrons. The molecule has 0 unspecified atom stereocenters. The molecule has 0 aliphatic heterocycles. The first-order valence-corrected chi connectivity index (χ1v) is 11.1. The Bertz CT molecular complexity index is 883. The third kappa shape index (κ3) is 4.95. The number of nitrogens with zero attached hydrogens (tertiary/aromatic N) is 3. The minimum Gasteiger partial charge on any atom is -0.497 e. The van der Waals surface area contributed by atoms with Gasteiger partial charge in [0.25, 0.3) is 0 Å². The third-order valence-corrected chi connectivity index (χ3v) is 6.58. The van der Waals surface area contributed by atoms with E-state index in [1.54, 1.807) is 14.0 Å². The number of hydrogen-bond donors (Lipinski definition) is 2. The number of ether oxygens (including phenoxy) is 1. The number of amides is 3. The smallest absolute Gasteiger partial charge is 0.321 e. The van der Waals surface area contributed by atoms with E-state index in [0.29, 0.717) is 11.1 Å². The summed E-state index contributed by atoms with van der Waals surface area (Å²) in [6.45, 7) is 4.02. The van der Waals surface area contributed by atoms with Crippen molar-refractivity contribution < 1.29 is 14.3 Å². The number of hydrogen-bond acceptors (Lipinski definition) is 6. The summed E-state index contributed by atoms with van der Waals surface area (Å²) < 4.78 is 7.45. The molecule has 1 aromatic heterocycles. The molecule has 0 saturated heterocycles. The van der Waals surface area contributed by atoms with Crippen LogP contribution in [0.3, 0.4) is 0 Å². The Balaban J connectivity index is 1.93. The molecule has 3 atom stereocenters. The zero-order valence-corrected chi connectivity index (χ0v) is 18.7. The van der Waals surface area contributed by atoms with Gasteiger partial charge in [-0.1, -0.05) is 31.5 Å². The first-order valence-electron chi connectivity index (χ1n) is 10.2. The van der Waals surface area contributed by atoms with E-state index in [1.807, 2.05) is 24.3 Å². The Morgan fingerprint density at radius 1 is 1.20 bits per heavy atom. The summed E-state index contributed by atoms with van der Waals surface area (Å²) in [6.07, 6.45) is 4.59. The molecular formula is C21H29N5O3S. The van der Waals surface area contributed by atoms with Crippen LogP contribution in [-0.2, 0) is 4.79 Å². The van der Waals surface area contributed by atoms with E-state index in [0.717, 1.165) is 36.4 Å². The maximum atomic E-state index is 12.4. The Morgan fingerprint density at radius 2 is 1.90 bits per heavy atom. The fourth-order valence-electron chi connectivity index (χ4n) is 3.76. The fraction of sp³-hybridized carbons (Fsp3) is 0.524. The van der Waals surface area contributed by atoms with Crippen LogP contribution in [0, 0.1) is 5.92 Å². The molecule has 1 saturated carbocycles. The normalized spacial score (nSPS) is 19.7. The van der Waals surface area contributed by atoms with Crippen molar-refractivity contribution in [2.24, 2.45) is 5.92 Å². The number of carbonyl (C=O) groups excluding carboxylic acids is 2. The summed E-state index contributed by atoms with van der Waals surface area (Å²) >= 11 is 1.32. The summed E-state index contributed by atoms with van der Waals surface area (Å²) in [5, 5.41) is 13.8. The van der Waals surface area contributed by atoms with Crippen LogP contribution in [0.2, 0.25) is 0 Å². The van der Waals surface area contributed by atoms with Crippen molar-refractivity contribution >= 4 is 23.7 Å². The van der Waals surface area contributed by atoms with Gasteiger partial charge in [0.15, 0.2) is 11.0 Å². The van der Waals surface area contributed by atoms with Crippen LogP contribution >= 0.6 is 11.8 Å². The van der Waals surface area contributed by atoms with Gasteiger partial charge < -0.3 is 10.1 Å². The highest BCUT2D eigenvalue weighted by atomic mass is 32.2. The number of carbonyl (C=O) groups is 2. The molecule has 3 amide bonds. The third-order valence-electron chi connectivity index (χ3n) is 5.53. The molecule has 2 N–H and O–H groups in total. The van der Waals surface area contributed by atoms with E-state index in [4.69, 9.17) is 4.74 Å². The van der Waals surface area contributed by atoms with Crippen molar-refractivity contribution in [2.45, 2.75) is 56.0 Å². The average Bonchev–Trinajstić information content (AvgIpc) is 3.17. The fourth-order valence-corrected chi connectivity index (χ4v) is 4.67. The van der Waals surface area contributed by atoms with E-state index in [1.165, 1.54) is 25.2 Å². The van der Waals surface area contributed by atoms with Crippen LogP contribution in [0.1, 0.15) is 45.6 Å². The van der Waals surface area contributed by atoms with Gasteiger partial charge in [0, 0.05) is 18.7 Å². The van der Waals surface area contributed by atoms with E-state index >= 15 is 0 Å². The standard InChI is InChI=1S/C21H29N5O3S/c1-13-7-5-6-8-17(13)26-18(15-9-11-16(29-4)12-10-15)24-25-21(26)30-14(2)19(27)23-20(28)22-3/h9-14,17H,5-8H2,1-4H3,(H2,22,23,27,28)/t13-,14+,17+/m1/s1. The molecule has 1 aromatic carbocycles. The first-order chi connectivity index (χ1) is 14.4. The molecular weight excluding hydrogens is 402 g/mol. The second kappa shape index (κ2) is 9.97. The largest absolute Gasteiger partial charge is 0.497 e. The molecule has 30 heavy (non-hydrogen) atoms. The molecule has 1 fully saturated rings. The molecule has 1 heterocycles. The van der Waals surface area contributed by atoms with Gasteiger partial charge in [0.2, 0.25) is 5.91 Å². The van der Waals surface area contributed by atoms with Crippen LogP contribution in [-0.4, -0.2) is 46.1 Å². The van der Waals surface area contributed by atoms with Crippen molar-refractivity contribution in [3.63, 3.8) is 0 Å². The quantitative estimate of drug-likeness (QED) is 0.678. The van der Waals surface area contributed by atoms with Gasteiger partial charge in [-0.15, -0.1) is 10.2 Å².